The van der Waals surface area contributed by atoms with E-state index in [1.807, 2.05) is 6.92 Å². The van der Waals surface area contributed by atoms with Crippen LogP contribution in [0.1, 0.15) is 19.8 Å². The molecule has 5 nitrogen and oxygen atoms in total. The maximum atomic E-state index is 10.4. The molecule has 6 heteroatoms. The smallest absolute Gasteiger partial charge is 0.420 e. The van der Waals surface area contributed by atoms with E-state index in [1.165, 1.54) is 0 Å². The fourth-order valence-electron chi connectivity index (χ4n) is 0.410. The number of rotatable bonds is 4. The van der Waals surface area contributed by atoms with Crippen molar-refractivity contribution in [1.82, 2.24) is 4.72 Å². The lowest BCUT2D eigenvalue weighted by atomic mass is 10.4. The minimum absolute atomic E-state index is 0.277. The van der Waals surface area contributed by atoms with Crippen molar-refractivity contribution >= 4 is 17.4 Å². The van der Waals surface area contributed by atoms with Crippen molar-refractivity contribution < 1.29 is 18.3 Å². The lowest BCUT2D eigenvalue weighted by Gasteiger charge is -2.01. The summed E-state index contributed by atoms with van der Waals surface area (Å²) in [4.78, 5) is 10.4. The Kier molecular flexibility index (Phi) is 5.77. The Bertz CT molecular complexity index is 149. The minimum atomic E-state index is -2.33. The summed E-state index contributed by atoms with van der Waals surface area (Å²) in [6.45, 7) is 2.23. The first-order chi connectivity index (χ1) is 5.16. The number of unbranched alkanes of at least 4 members (excludes halogenated alkanes) is 1. The lowest BCUT2D eigenvalue weighted by molar-refractivity contribution is 0.150. The van der Waals surface area contributed by atoms with Crippen LogP contribution in [-0.2, 0) is 16.0 Å². The van der Waals surface area contributed by atoms with Crippen molar-refractivity contribution in [3.05, 3.63) is 0 Å². The fourth-order valence-corrected chi connectivity index (χ4v) is 0.611. The monoisotopic (exact) mass is 181 g/mol. The molecule has 0 bridgehead atoms. The van der Waals surface area contributed by atoms with E-state index in [-0.39, 0.29) is 6.61 Å². The molecular formula is C5H11NO4S. The van der Waals surface area contributed by atoms with Crippen LogP contribution in [0.3, 0.4) is 0 Å². The molecule has 0 aromatic heterocycles. The van der Waals surface area contributed by atoms with Gasteiger partial charge in [-0.3, -0.25) is 4.55 Å². The standard InChI is InChI=1S/C5H11NO4S/c1-2-3-4-10-5(7)6-11(8)9/h2-4H2,1H3,(H,6,7)(H,8,9). The number of carbonyl (C=O) groups excluding carboxylic acids is 1. The maximum absolute atomic E-state index is 10.4. The van der Waals surface area contributed by atoms with Crippen molar-refractivity contribution in [2.75, 3.05) is 6.61 Å². The average Bonchev–Trinajstić information content (AvgIpc) is 1.86. The van der Waals surface area contributed by atoms with Gasteiger partial charge in [0.05, 0.1) is 6.61 Å². The van der Waals surface area contributed by atoms with Crippen molar-refractivity contribution in [3.8, 4) is 0 Å². The molecule has 0 saturated carbocycles. The molecule has 0 aliphatic carbocycles. The van der Waals surface area contributed by atoms with E-state index in [2.05, 4.69) is 4.74 Å². The highest BCUT2D eigenvalue weighted by Crippen LogP contribution is 1.87. The largest absolute Gasteiger partial charge is 0.449 e. The van der Waals surface area contributed by atoms with Crippen LogP contribution in [0.15, 0.2) is 0 Å². The number of carbonyl (C=O) groups is 1. The molecule has 0 saturated heterocycles. The van der Waals surface area contributed by atoms with Crippen LogP contribution in [0.25, 0.3) is 0 Å². The molecule has 0 fully saturated rings. The molecule has 11 heavy (non-hydrogen) atoms. The molecule has 1 amide bonds. The van der Waals surface area contributed by atoms with Gasteiger partial charge >= 0.3 is 6.09 Å². The predicted octanol–water partition coefficient (Wildman–Crippen LogP) is 0.649. The third-order valence-electron chi connectivity index (χ3n) is 0.902. The first kappa shape index (κ1) is 10.4. The Hall–Kier alpha value is -0.620. The quantitative estimate of drug-likeness (QED) is 0.493. The Balaban J connectivity index is 3.30. The second kappa shape index (κ2) is 6.11. The van der Waals surface area contributed by atoms with E-state index in [4.69, 9.17) is 4.55 Å². The summed E-state index contributed by atoms with van der Waals surface area (Å²) < 4.78 is 24.2. The van der Waals surface area contributed by atoms with E-state index in [1.54, 1.807) is 4.72 Å². The molecule has 0 aromatic carbocycles. The molecule has 1 atom stereocenters. The third kappa shape index (κ3) is 7.27. The normalized spacial score (nSPS) is 12.2. The molecule has 0 radical (unpaired) electrons. The SMILES string of the molecule is CCCCOC(=O)NS(=O)O. The van der Waals surface area contributed by atoms with Gasteiger partial charge in [0.1, 0.15) is 0 Å². The van der Waals surface area contributed by atoms with Gasteiger partial charge < -0.3 is 4.74 Å². The Labute approximate surface area is 67.5 Å². The summed E-state index contributed by atoms with van der Waals surface area (Å²) in [5.74, 6) is 0. The van der Waals surface area contributed by atoms with Gasteiger partial charge in [0.2, 0.25) is 0 Å². The van der Waals surface area contributed by atoms with Crippen molar-refractivity contribution in [1.29, 1.82) is 0 Å². The molecule has 0 rings (SSSR count). The van der Waals surface area contributed by atoms with E-state index < -0.39 is 17.4 Å². The van der Waals surface area contributed by atoms with Crippen LogP contribution >= 0.6 is 0 Å². The van der Waals surface area contributed by atoms with E-state index in [9.17, 15) is 9.00 Å². The lowest BCUT2D eigenvalue weighted by Crippen LogP contribution is -2.26. The zero-order chi connectivity index (χ0) is 8.69. The molecule has 1 unspecified atom stereocenters. The van der Waals surface area contributed by atoms with E-state index in [0.29, 0.717) is 0 Å². The van der Waals surface area contributed by atoms with Crippen LogP contribution in [0.2, 0.25) is 0 Å². The van der Waals surface area contributed by atoms with Crippen LogP contribution in [-0.4, -0.2) is 21.5 Å². The second-order valence-corrected chi connectivity index (χ2v) is 2.54. The summed E-state index contributed by atoms with van der Waals surface area (Å²) in [6, 6.07) is 0. The number of amides is 1. The van der Waals surface area contributed by atoms with Gasteiger partial charge in [-0.25, -0.2) is 13.7 Å². The molecule has 0 aliphatic rings. The summed E-state index contributed by atoms with van der Waals surface area (Å²) in [6.07, 6.45) is 0.806. The van der Waals surface area contributed by atoms with Crippen LogP contribution < -0.4 is 4.72 Å². The number of nitrogens with one attached hydrogen (secondary N) is 1. The zero-order valence-corrected chi connectivity index (χ0v) is 7.02. The number of hydrogen-bond acceptors (Lipinski definition) is 3. The summed E-state index contributed by atoms with van der Waals surface area (Å²) in [5.41, 5.74) is 0. The molecule has 0 aliphatic heterocycles. The third-order valence-corrected chi connectivity index (χ3v) is 1.24. The van der Waals surface area contributed by atoms with Gasteiger partial charge in [0, 0.05) is 0 Å². The van der Waals surface area contributed by atoms with Crippen LogP contribution in [0, 0.1) is 0 Å². The summed E-state index contributed by atoms with van der Waals surface area (Å²) in [7, 11) is 0. The molecule has 0 aromatic rings. The van der Waals surface area contributed by atoms with Gasteiger partial charge in [-0.15, -0.1) is 0 Å². The van der Waals surface area contributed by atoms with Crippen molar-refractivity contribution in [3.63, 3.8) is 0 Å². The van der Waals surface area contributed by atoms with Gasteiger partial charge in [0.15, 0.2) is 0 Å². The van der Waals surface area contributed by atoms with E-state index >= 15 is 0 Å². The van der Waals surface area contributed by atoms with Crippen LogP contribution in [0.5, 0.6) is 0 Å². The molecule has 0 spiro atoms. The summed E-state index contributed by atoms with van der Waals surface area (Å²) >= 11 is -2.33. The summed E-state index contributed by atoms with van der Waals surface area (Å²) in [5, 5.41) is 0. The van der Waals surface area contributed by atoms with Crippen LogP contribution in [0.4, 0.5) is 4.79 Å². The van der Waals surface area contributed by atoms with Gasteiger partial charge in [-0.2, -0.15) is 0 Å². The van der Waals surface area contributed by atoms with Gasteiger partial charge in [-0.05, 0) is 6.42 Å². The minimum Gasteiger partial charge on any atom is -0.449 e. The van der Waals surface area contributed by atoms with Gasteiger partial charge in [-0.1, -0.05) is 13.3 Å². The fraction of sp³-hybridized carbons (Fsp3) is 0.800. The first-order valence-corrected chi connectivity index (χ1v) is 4.31. The van der Waals surface area contributed by atoms with Crippen molar-refractivity contribution in [2.24, 2.45) is 0 Å². The molecule has 0 heterocycles. The highest BCUT2D eigenvalue weighted by Gasteiger charge is 2.02. The van der Waals surface area contributed by atoms with Crippen molar-refractivity contribution in [2.45, 2.75) is 19.8 Å². The Morgan fingerprint density at radius 1 is 1.73 bits per heavy atom. The van der Waals surface area contributed by atoms with E-state index in [0.717, 1.165) is 12.8 Å². The Morgan fingerprint density at radius 2 is 2.36 bits per heavy atom. The molecular weight excluding hydrogens is 170 g/mol. The first-order valence-electron chi connectivity index (χ1n) is 3.21. The number of ether oxygens (including phenoxy) is 1. The molecule has 66 valence electrons. The topological polar surface area (TPSA) is 75.6 Å². The highest BCUT2D eigenvalue weighted by atomic mass is 32.2. The average molecular weight is 181 g/mol. The number of hydrogen-bond donors (Lipinski definition) is 2. The Morgan fingerprint density at radius 3 is 2.82 bits per heavy atom. The second-order valence-electron chi connectivity index (χ2n) is 1.84. The predicted molar refractivity (Wildman–Crippen MR) is 40.2 cm³/mol. The highest BCUT2D eigenvalue weighted by molar-refractivity contribution is 7.77. The van der Waals surface area contributed by atoms with Gasteiger partial charge in [0.25, 0.3) is 11.3 Å². The zero-order valence-electron chi connectivity index (χ0n) is 6.20. The maximum Gasteiger partial charge on any atom is 0.420 e. The molecule has 2 N–H and O–H groups in total.